The number of carbonyl (C=O) groups excluding carboxylic acids is 4. The van der Waals surface area contributed by atoms with Crippen LogP contribution in [0.25, 0.3) is 0 Å². The van der Waals surface area contributed by atoms with Crippen molar-refractivity contribution in [3.8, 4) is 0 Å². The van der Waals surface area contributed by atoms with Gasteiger partial charge in [-0.25, -0.2) is 0 Å². The van der Waals surface area contributed by atoms with Crippen molar-refractivity contribution in [2.24, 2.45) is 5.41 Å². The van der Waals surface area contributed by atoms with Gasteiger partial charge in [0.25, 0.3) is 0 Å². The summed E-state index contributed by atoms with van der Waals surface area (Å²) < 4.78 is 0. The number of ketones is 4. The van der Waals surface area contributed by atoms with E-state index in [4.69, 9.17) is 0 Å². The Hall–Kier alpha value is -1.32. The van der Waals surface area contributed by atoms with Gasteiger partial charge in [0, 0.05) is 25.7 Å². The van der Waals surface area contributed by atoms with Gasteiger partial charge in [-0.05, 0) is 46.0 Å². The Morgan fingerprint density at radius 3 is 0.717 bits per heavy atom. The second-order valence-corrected chi connectivity index (χ2v) is 13.2. The minimum Gasteiger partial charge on any atom is -0.300 e. The van der Waals surface area contributed by atoms with E-state index in [1.54, 1.807) is 6.92 Å². The minimum atomic E-state index is -0.528. The first-order valence-corrected chi connectivity index (χ1v) is 19.7. The van der Waals surface area contributed by atoms with Crippen LogP contribution in [-0.2, 0) is 19.2 Å². The first-order valence-electron chi connectivity index (χ1n) is 19.7. The minimum absolute atomic E-state index is 0.0150. The highest BCUT2D eigenvalue weighted by atomic mass is 16.1. The maximum absolute atomic E-state index is 11.5. The molecule has 4 nitrogen and oxygen atoms in total. The molecule has 0 aromatic carbocycles. The molecule has 0 aliphatic rings. The Bertz CT molecular complexity index is 523. The maximum atomic E-state index is 11.5. The quantitative estimate of drug-likeness (QED) is 0.109. The van der Waals surface area contributed by atoms with E-state index < -0.39 is 5.41 Å². The number of unbranched alkanes of at least 4 members (excludes halogenated alkanes) is 12. The van der Waals surface area contributed by atoms with Crippen molar-refractivity contribution in [3.63, 3.8) is 0 Å². The van der Waals surface area contributed by atoms with E-state index in [1.807, 2.05) is 0 Å². The average molecular weight is 657 g/mol. The zero-order valence-corrected chi connectivity index (χ0v) is 34.4. The molecule has 280 valence electrons. The second kappa shape index (κ2) is 50.5. The van der Waals surface area contributed by atoms with Crippen LogP contribution in [0.4, 0.5) is 0 Å². The van der Waals surface area contributed by atoms with Gasteiger partial charge in [-0.1, -0.05) is 178 Å². The van der Waals surface area contributed by atoms with Crippen molar-refractivity contribution in [2.45, 2.75) is 245 Å². The zero-order chi connectivity index (χ0) is 37.1. The van der Waals surface area contributed by atoms with Gasteiger partial charge in [0.05, 0.1) is 0 Å². The van der Waals surface area contributed by atoms with Crippen LogP contribution in [0.3, 0.4) is 0 Å². The van der Waals surface area contributed by atoms with Crippen LogP contribution in [0, 0.1) is 5.41 Å². The molecule has 0 aliphatic carbocycles. The van der Waals surface area contributed by atoms with Gasteiger partial charge in [-0.2, -0.15) is 0 Å². The van der Waals surface area contributed by atoms with Crippen LogP contribution >= 0.6 is 0 Å². The third kappa shape index (κ3) is 69.4. The van der Waals surface area contributed by atoms with Gasteiger partial charge in [-0.3, -0.25) is 0 Å². The molecule has 0 unspecified atom stereocenters. The van der Waals surface area contributed by atoms with E-state index in [-0.39, 0.29) is 42.4 Å². The van der Waals surface area contributed by atoms with Crippen molar-refractivity contribution in [1.82, 2.24) is 0 Å². The van der Waals surface area contributed by atoms with E-state index in [2.05, 4.69) is 69.2 Å². The van der Waals surface area contributed by atoms with Crippen LogP contribution < -0.4 is 0 Å². The summed E-state index contributed by atoms with van der Waals surface area (Å²) in [5.41, 5.74) is -0.528. The Labute approximate surface area is 291 Å². The van der Waals surface area contributed by atoms with Gasteiger partial charge in [0.1, 0.15) is 23.1 Å². The van der Waals surface area contributed by atoms with Crippen molar-refractivity contribution < 1.29 is 19.2 Å². The van der Waals surface area contributed by atoms with Gasteiger partial charge in [0.2, 0.25) is 0 Å². The molecule has 0 bridgehead atoms. The molecule has 0 N–H and O–H groups in total. The van der Waals surface area contributed by atoms with Crippen LogP contribution in [0.1, 0.15) is 245 Å². The normalized spacial score (nSPS) is 9.70. The molecular weight excluding hydrogens is 568 g/mol. The van der Waals surface area contributed by atoms with Crippen molar-refractivity contribution in [1.29, 1.82) is 0 Å². The molecule has 0 aromatic heterocycles. The summed E-state index contributed by atoms with van der Waals surface area (Å²) in [5.74, 6) is 0.223. The third-order valence-electron chi connectivity index (χ3n) is 7.14. The van der Waals surface area contributed by atoms with Crippen molar-refractivity contribution in [2.75, 3.05) is 0 Å². The first kappa shape index (κ1) is 57.0. The van der Waals surface area contributed by atoms with Gasteiger partial charge < -0.3 is 19.2 Å². The Kier molecular flexibility index (Phi) is 62.6. The lowest BCUT2D eigenvalue weighted by atomic mass is 9.71. The smallest absolute Gasteiger partial charge is 0.130 e. The standard InChI is InChI=1S/C17H28O4.5C5H12/c1-13(18)8-6-5-7-9-17(10-14(2)19,11-15(3)20)12-16(4)21;5*1-3-5-4-2/h5-12H2,1-4H3;5*3-5H2,1-2H3. The average Bonchev–Trinajstić information content (AvgIpc) is 2.95. The molecule has 0 aromatic rings. The number of hydrogen-bond acceptors (Lipinski definition) is 4. The lowest BCUT2D eigenvalue weighted by Gasteiger charge is -2.31. The van der Waals surface area contributed by atoms with Gasteiger partial charge in [0.15, 0.2) is 0 Å². The number of Topliss-reactive ketones (excluding diaryl/α,β-unsaturated/α-hetero) is 4. The van der Waals surface area contributed by atoms with E-state index in [1.165, 1.54) is 117 Å². The van der Waals surface area contributed by atoms with Gasteiger partial charge in [-0.15, -0.1) is 0 Å². The molecule has 4 heteroatoms. The SMILES string of the molecule is CC(=O)CCCCCC(CC(C)=O)(CC(C)=O)CC(C)=O.CCCCC.CCCCC.CCCCC.CCCCC.CCCCC. The van der Waals surface area contributed by atoms with Crippen molar-refractivity contribution in [3.05, 3.63) is 0 Å². The molecule has 46 heavy (non-hydrogen) atoms. The predicted molar refractivity (Wildman–Crippen MR) is 208 cm³/mol. The molecule has 0 radical (unpaired) electrons. The van der Waals surface area contributed by atoms with Crippen molar-refractivity contribution >= 4 is 23.1 Å². The van der Waals surface area contributed by atoms with E-state index in [0.29, 0.717) is 12.8 Å². The summed E-state index contributed by atoms with van der Waals surface area (Å²) in [6.07, 6.45) is 25.0. The van der Waals surface area contributed by atoms with E-state index in [0.717, 1.165) is 19.3 Å². The van der Waals surface area contributed by atoms with Crippen LogP contribution in [0.15, 0.2) is 0 Å². The predicted octanol–water partition coefficient (Wildman–Crippen LogP) is 14.4. The topological polar surface area (TPSA) is 68.3 Å². The summed E-state index contributed by atoms with van der Waals surface area (Å²) in [4.78, 5) is 45.5. The highest BCUT2D eigenvalue weighted by Crippen LogP contribution is 2.38. The lowest BCUT2D eigenvalue weighted by molar-refractivity contribution is -0.125. The van der Waals surface area contributed by atoms with E-state index >= 15 is 0 Å². The second-order valence-electron chi connectivity index (χ2n) is 13.2. The number of rotatable bonds is 22. The molecule has 0 amide bonds. The zero-order valence-electron chi connectivity index (χ0n) is 34.4. The summed E-state index contributed by atoms with van der Waals surface area (Å²) >= 11 is 0. The fourth-order valence-corrected chi connectivity index (χ4v) is 4.86. The summed E-state index contributed by atoms with van der Waals surface area (Å²) in [6.45, 7) is 28.2. The Balaban J connectivity index is -0.000000129. The Morgan fingerprint density at radius 1 is 0.326 bits per heavy atom. The summed E-state index contributed by atoms with van der Waals surface area (Å²) in [5, 5.41) is 0. The molecule has 0 rings (SSSR count). The van der Waals surface area contributed by atoms with Crippen LogP contribution in [0.2, 0.25) is 0 Å². The molecule has 0 saturated carbocycles. The molecule has 0 aliphatic heterocycles. The number of hydrogen-bond donors (Lipinski definition) is 0. The molecule has 0 atom stereocenters. The largest absolute Gasteiger partial charge is 0.300 e. The third-order valence-corrected chi connectivity index (χ3v) is 7.14. The number of carbonyl (C=O) groups is 4. The summed E-state index contributed by atoms with van der Waals surface area (Å²) in [7, 11) is 0. The molecular formula is C42H88O4. The van der Waals surface area contributed by atoms with Gasteiger partial charge >= 0.3 is 0 Å². The molecule has 0 heterocycles. The van der Waals surface area contributed by atoms with Crippen LogP contribution in [-0.4, -0.2) is 23.1 Å². The lowest BCUT2D eigenvalue weighted by Crippen LogP contribution is -2.29. The van der Waals surface area contributed by atoms with E-state index in [9.17, 15) is 19.2 Å². The fourth-order valence-electron chi connectivity index (χ4n) is 4.86. The van der Waals surface area contributed by atoms with Crippen LogP contribution in [0.5, 0.6) is 0 Å². The summed E-state index contributed by atoms with van der Waals surface area (Å²) in [6, 6.07) is 0. The first-order chi connectivity index (χ1) is 21.7. The molecule has 0 spiro atoms. The monoisotopic (exact) mass is 657 g/mol. The maximum Gasteiger partial charge on any atom is 0.130 e. The fraction of sp³-hybridized carbons (Fsp3) is 0.905. The highest BCUT2D eigenvalue weighted by Gasteiger charge is 2.33. The molecule has 0 fully saturated rings. The Morgan fingerprint density at radius 2 is 0.565 bits per heavy atom. The molecule has 0 saturated heterocycles. The highest BCUT2D eigenvalue weighted by molar-refractivity contribution is 5.83.